The van der Waals surface area contributed by atoms with Crippen LogP contribution in [0.1, 0.15) is 25.0 Å². The van der Waals surface area contributed by atoms with Crippen LogP contribution in [0.3, 0.4) is 0 Å². The topological polar surface area (TPSA) is 26.0 Å². The lowest BCUT2D eigenvalue weighted by atomic mass is 10.0. The van der Waals surface area contributed by atoms with Crippen molar-refractivity contribution in [3.63, 3.8) is 0 Å². The lowest BCUT2D eigenvalue weighted by Gasteiger charge is -2.06. The Balaban J connectivity index is 2.85. The molecule has 0 fully saturated rings. The van der Waals surface area contributed by atoms with Gasteiger partial charge in [-0.2, -0.15) is 0 Å². The minimum absolute atomic E-state index is 0.700. The lowest BCUT2D eigenvalue weighted by molar-refractivity contribution is 0.647. The predicted molar refractivity (Wildman–Crippen MR) is 54.1 cm³/mol. The zero-order chi connectivity index (χ0) is 9.14. The Morgan fingerprint density at radius 2 is 1.92 bits per heavy atom. The summed E-state index contributed by atoms with van der Waals surface area (Å²) in [4.78, 5) is 0. The van der Waals surface area contributed by atoms with E-state index >= 15 is 0 Å². The average Bonchev–Trinajstić information content (AvgIpc) is 1.81. The van der Waals surface area contributed by atoms with Crippen molar-refractivity contribution in [2.45, 2.75) is 27.2 Å². The summed E-state index contributed by atoms with van der Waals surface area (Å²) in [5.74, 6) is 0.700. The highest BCUT2D eigenvalue weighted by Crippen LogP contribution is 2.14. The van der Waals surface area contributed by atoms with Gasteiger partial charge < -0.3 is 5.73 Å². The fourth-order valence-corrected chi connectivity index (χ4v) is 1.48. The third-order valence-electron chi connectivity index (χ3n) is 1.80. The summed E-state index contributed by atoms with van der Waals surface area (Å²) in [5.41, 5.74) is 9.22. The van der Waals surface area contributed by atoms with Crippen molar-refractivity contribution < 1.29 is 0 Å². The fourth-order valence-electron chi connectivity index (χ4n) is 1.48. The summed E-state index contributed by atoms with van der Waals surface area (Å²) >= 11 is 0. The third-order valence-corrected chi connectivity index (χ3v) is 1.80. The fraction of sp³-hybridized carbons (Fsp3) is 0.455. The van der Waals surface area contributed by atoms with Crippen molar-refractivity contribution >= 4 is 5.69 Å². The molecular formula is C11H17N. The Morgan fingerprint density at radius 1 is 1.25 bits per heavy atom. The maximum atomic E-state index is 5.74. The molecule has 0 saturated heterocycles. The first-order valence-corrected chi connectivity index (χ1v) is 4.44. The number of nitrogens with two attached hydrogens (primary N) is 1. The van der Waals surface area contributed by atoms with Gasteiger partial charge in [-0.05, 0) is 42.5 Å². The van der Waals surface area contributed by atoms with Gasteiger partial charge in [-0.25, -0.2) is 0 Å². The summed E-state index contributed by atoms with van der Waals surface area (Å²) in [6.45, 7) is 6.53. The Morgan fingerprint density at radius 3 is 2.42 bits per heavy atom. The van der Waals surface area contributed by atoms with Crippen molar-refractivity contribution in [3.8, 4) is 0 Å². The molecule has 1 heteroatoms. The van der Waals surface area contributed by atoms with E-state index < -0.39 is 0 Å². The average molecular weight is 163 g/mol. The normalized spacial score (nSPS) is 10.7. The van der Waals surface area contributed by atoms with Crippen LogP contribution in [-0.2, 0) is 6.42 Å². The van der Waals surface area contributed by atoms with Gasteiger partial charge in [0.1, 0.15) is 0 Å². The van der Waals surface area contributed by atoms with Gasteiger partial charge in [0.25, 0.3) is 0 Å². The van der Waals surface area contributed by atoms with E-state index in [1.807, 2.05) is 6.07 Å². The van der Waals surface area contributed by atoms with Crippen LogP contribution in [0.2, 0.25) is 0 Å². The highest BCUT2D eigenvalue weighted by atomic mass is 14.5. The standard InChI is InChI=1S/C11H17N/c1-8(2)4-10-5-9(3)6-11(12)7-10/h5-8H,4,12H2,1-3H3. The summed E-state index contributed by atoms with van der Waals surface area (Å²) in [5, 5.41) is 0. The van der Waals surface area contributed by atoms with Crippen molar-refractivity contribution in [2.24, 2.45) is 5.92 Å². The largest absolute Gasteiger partial charge is 0.399 e. The molecule has 0 aromatic heterocycles. The minimum Gasteiger partial charge on any atom is -0.399 e. The first-order chi connectivity index (χ1) is 5.58. The van der Waals surface area contributed by atoms with E-state index in [0.29, 0.717) is 5.92 Å². The highest BCUT2D eigenvalue weighted by molar-refractivity contribution is 5.44. The number of benzene rings is 1. The molecule has 1 aromatic carbocycles. The summed E-state index contributed by atoms with van der Waals surface area (Å²) in [7, 11) is 0. The number of hydrogen-bond acceptors (Lipinski definition) is 1. The van der Waals surface area contributed by atoms with Crippen LogP contribution in [0.5, 0.6) is 0 Å². The number of nitrogen functional groups attached to an aromatic ring is 1. The van der Waals surface area contributed by atoms with E-state index in [1.165, 1.54) is 11.1 Å². The van der Waals surface area contributed by atoms with Gasteiger partial charge in [-0.3, -0.25) is 0 Å². The van der Waals surface area contributed by atoms with Gasteiger partial charge in [0.15, 0.2) is 0 Å². The molecule has 12 heavy (non-hydrogen) atoms. The van der Waals surface area contributed by atoms with Crippen molar-refractivity contribution in [3.05, 3.63) is 29.3 Å². The van der Waals surface area contributed by atoms with Crippen molar-refractivity contribution in [1.82, 2.24) is 0 Å². The van der Waals surface area contributed by atoms with Gasteiger partial charge >= 0.3 is 0 Å². The van der Waals surface area contributed by atoms with E-state index in [2.05, 4.69) is 32.9 Å². The zero-order valence-corrected chi connectivity index (χ0v) is 8.09. The second-order valence-electron chi connectivity index (χ2n) is 3.85. The molecule has 0 aliphatic carbocycles. The van der Waals surface area contributed by atoms with E-state index in [-0.39, 0.29) is 0 Å². The number of aryl methyl sites for hydroxylation is 1. The first-order valence-electron chi connectivity index (χ1n) is 4.44. The molecule has 0 aliphatic heterocycles. The quantitative estimate of drug-likeness (QED) is 0.666. The monoisotopic (exact) mass is 163 g/mol. The molecular weight excluding hydrogens is 146 g/mol. The number of rotatable bonds is 2. The van der Waals surface area contributed by atoms with Gasteiger partial charge in [0.2, 0.25) is 0 Å². The Labute approximate surface area is 74.6 Å². The van der Waals surface area contributed by atoms with Crippen LogP contribution in [0.4, 0.5) is 5.69 Å². The van der Waals surface area contributed by atoms with Crippen LogP contribution in [0.15, 0.2) is 18.2 Å². The molecule has 0 amide bonds. The molecule has 1 rings (SSSR count). The molecule has 66 valence electrons. The van der Waals surface area contributed by atoms with Crippen LogP contribution in [0.25, 0.3) is 0 Å². The van der Waals surface area contributed by atoms with Crippen LogP contribution < -0.4 is 5.73 Å². The molecule has 0 atom stereocenters. The maximum absolute atomic E-state index is 5.74. The summed E-state index contributed by atoms with van der Waals surface area (Å²) in [6.07, 6.45) is 1.12. The van der Waals surface area contributed by atoms with E-state index in [1.54, 1.807) is 0 Å². The van der Waals surface area contributed by atoms with E-state index in [0.717, 1.165) is 12.1 Å². The van der Waals surface area contributed by atoms with E-state index in [4.69, 9.17) is 5.73 Å². The van der Waals surface area contributed by atoms with Crippen LogP contribution in [0, 0.1) is 12.8 Å². The van der Waals surface area contributed by atoms with Gasteiger partial charge in [0.05, 0.1) is 0 Å². The predicted octanol–water partition coefficient (Wildman–Crippen LogP) is 2.78. The molecule has 2 N–H and O–H groups in total. The second kappa shape index (κ2) is 3.61. The highest BCUT2D eigenvalue weighted by Gasteiger charge is 1.99. The molecule has 0 saturated carbocycles. The number of anilines is 1. The summed E-state index contributed by atoms with van der Waals surface area (Å²) < 4.78 is 0. The van der Waals surface area contributed by atoms with Crippen molar-refractivity contribution in [1.29, 1.82) is 0 Å². The Kier molecular flexibility index (Phi) is 2.74. The Bertz CT molecular complexity index is 243. The zero-order valence-electron chi connectivity index (χ0n) is 8.09. The molecule has 0 aliphatic rings. The van der Waals surface area contributed by atoms with Crippen LogP contribution in [-0.4, -0.2) is 0 Å². The number of hydrogen-bond donors (Lipinski definition) is 1. The Hall–Kier alpha value is -0.980. The van der Waals surface area contributed by atoms with E-state index in [9.17, 15) is 0 Å². The smallest absolute Gasteiger partial charge is 0.0319 e. The SMILES string of the molecule is Cc1cc(N)cc(CC(C)C)c1. The molecule has 1 nitrogen and oxygen atoms in total. The molecule has 0 radical (unpaired) electrons. The molecule has 0 spiro atoms. The molecule has 0 unspecified atom stereocenters. The van der Waals surface area contributed by atoms with Gasteiger partial charge in [0, 0.05) is 5.69 Å². The van der Waals surface area contributed by atoms with Gasteiger partial charge in [-0.1, -0.05) is 19.9 Å². The minimum atomic E-state index is 0.700. The molecule has 0 bridgehead atoms. The summed E-state index contributed by atoms with van der Waals surface area (Å²) in [6, 6.07) is 6.27. The lowest BCUT2D eigenvalue weighted by Crippen LogP contribution is -1.96. The molecule has 0 heterocycles. The first kappa shape index (κ1) is 9.11. The second-order valence-corrected chi connectivity index (χ2v) is 3.85. The third kappa shape index (κ3) is 2.57. The maximum Gasteiger partial charge on any atom is 0.0319 e. The van der Waals surface area contributed by atoms with Crippen molar-refractivity contribution in [2.75, 3.05) is 5.73 Å². The van der Waals surface area contributed by atoms with Crippen LogP contribution >= 0.6 is 0 Å². The van der Waals surface area contributed by atoms with Gasteiger partial charge in [-0.15, -0.1) is 0 Å². The molecule has 1 aromatic rings.